The van der Waals surface area contributed by atoms with E-state index in [2.05, 4.69) is 15.5 Å². The minimum absolute atomic E-state index is 0.0308. The van der Waals surface area contributed by atoms with Crippen molar-refractivity contribution in [2.75, 3.05) is 11.1 Å². The number of carbonyl (C=O) groups excluding carboxylic acids is 1. The van der Waals surface area contributed by atoms with Gasteiger partial charge in [0.2, 0.25) is 5.91 Å². The van der Waals surface area contributed by atoms with Gasteiger partial charge in [0.15, 0.2) is 11.0 Å². The van der Waals surface area contributed by atoms with Crippen molar-refractivity contribution in [1.29, 1.82) is 0 Å². The van der Waals surface area contributed by atoms with Crippen molar-refractivity contribution < 1.29 is 9.72 Å². The Hall–Kier alpha value is -3.98. The zero-order valence-corrected chi connectivity index (χ0v) is 17.0. The van der Waals surface area contributed by atoms with Crippen molar-refractivity contribution in [3.63, 3.8) is 0 Å². The van der Waals surface area contributed by atoms with Crippen molar-refractivity contribution in [2.24, 2.45) is 0 Å². The predicted octanol–water partition coefficient (Wildman–Crippen LogP) is 4.57. The molecule has 1 aromatic heterocycles. The number of benzene rings is 3. The summed E-state index contributed by atoms with van der Waals surface area (Å²) in [7, 11) is 0. The Balaban J connectivity index is 1.52. The molecule has 4 aromatic rings. The maximum Gasteiger partial charge on any atom is 0.269 e. The second kappa shape index (κ2) is 9.23. The molecule has 0 saturated carbocycles. The van der Waals surface area contributed by atoms with Crippen LogP contribution >= 0.6 is 11.8 Å². The van der Waals surface area contributed by atoms with E-state index in [-0.39, 0.29) is 17.3 Å². The van der Waals surface area contributed by atoms with Gasteiger partial charge in [-0.1, -0.05) is 60.3 Å². The number of nitrogens with zero attached hydrogens (tertiary/aromatic N) is 4. The number of nitro groups is 1. The quantitative estimate of drug-likeness (QED) is 0.261. The van der Waals surface area contributed by atoms with Gasteiger partial charge in [-0.05, 0) is 24.3 Å². The Morgan fingerprint density at radius 1 is 0.935 bits per heavy atom. The second-order valence-electron chi connectivity index (χ2n) is 6.48. The lowest BCUT2D eigenvalue weighted by Crippen LogP contribution is -2.14. The van der Waals surface area contributed by atoms with E-state index in [0.717, 1.165) is 11.3 Å². The average molecular weight is 431 g/mol. The zero-order valence-electron chi connectivity index (χ0n) is 16.2. The third kappa shape index (κ3) is 4.78. The minimum atomic E-state index is -0.484. The van der Waals surface area contributed by atoms with E-state index >= 15 is 0 Å². The number of aromatic nitrogens is 3. The Bertz CT molecular complexity index is 1200. The van der Waals surface area contributed by atoms with E-state index in [9.17, 15) is 14.9 Å². The van der Waals surface area contributed by atoms with Crippen LogP contribution < -0.4 is 5.32 Å². The monoisotopic (exact) mass is 431 g/mol. The maximum absolute atomic E-state index is 12.4. The smallest absolute Gasteiger partial charge is 0.269 e. The molecule has 1 N–H and O–H groups in total. The van der Waals surface area contributed by atoms with Gasteiger partial charge in [0.25, 0.3) is 5.69 Å². The molecule has 1 amide bonds. The van der Waals surface area contributed by atoms with Crippen molar-refractivity contribution in [3.8, 4) is 17.1 Å². The number of rotatable bonds is 7. The highest BCUT2D eigenvalue weighted by Gasteiger charge is 2.17. The molecule has 0 unspecified atom stereocenters. The summed E-state index contributed by atoms with van der Waals surface area (Å²) in [5.74, 6) is 0.546. The highest BCUT2D eigenvalue weighted by atomic mass is 32.2. The molecule has 0 atom stereocenters. The van der Waals surface area contributed by atoms with E-state index in [4.69, 9.17) is 0 Å². The van der Waals surface area contributed by atoms with Gasteiger partial charge in [0, 0.05) is 29.1 Å². The highest BCUT2D eigenvalue weighted by Crippen LogP contribution is 2.28. The van der Waals surface area contributed by atoms with Crippen LogP contribution in [0, 0.1) is 10.1 Å². The molecule has 8 nitrogen and oxygen atoms in total. The number of amides is 1. The second-order valence-corrected chi connectivity index (χ2v) is 7.43. The van der Waals surface area contributed by atoms with Crippen LogP contribution in [0.3, 0.4) is 0 Å². The number of carbonyl (C=O) groups is 1. The Kier molecular flexibility index (Phi) is 6.04. The fourth-order valence-corrected chi connectivity index (χ4v) is 3.69. The van der Waals surface area contributed by atoms with Crippen LogP contribution in [0.1, 0.15) is 0 Å². The molecule has 0 bridgehead atoms. The Labute approximate surface area is 182 Å². The van der Waals surface area contributed by atoms with Crippen LogP contribution in [-0.2, 0) is 4.79 Å². The van der Waals surface area contributed by atoms with Crippen LogP contribution in [0.5, 0.6) is 0 Å². The summed E-state index contributed by atoms with van der Waals surface area (Å²) in [6.07, 6.45) is 0. The van der Waals surface area contributed by atoms with E-state index in [1.54, 1.807) is 0 Å². The Morgan fingerprint density at radius 2 is 1.58 bits per heavy atom. The summed E-state index contributed by atoms with van der Waals surface area (Å²) in [6.45, 7) is 0. The van der Waals surface area contributed by atoms with E-state index in [1.165, 1.54) is 36.0 Å². The number of nitrogens with one attached hydrogen (secondary N) is 1. The molecule has 0 fully saturated rings. The van der Waals surface area contributed by atoms with Gasteiger partial charge in [-0.25, -0.2) is 0 Å². The summed E-state index contributed by atoms with van der Waals surface area (Å²) < 4.78 is 1.92. The average Bonchev–Trinajstić information content (AvgIpc) is 3.23. The van der Waals surface area contributed by atoms with Crippen molar-refractivity contribution in [2.45, 2.75) is 5.16 Å². The molecule has 3 aromatic carbocycles. The first kappa shape index (κ1) is 20.3. The molecular formula is C22H17N5O3S. The molecular weight excluding hydrogens is 414 g/mol. The first-order valence-corrected chi connectivity index (χ1v) is 10.3. The van der Waals surface area contributed by atoms with E-state index < -0.39 is 4.92 Å². The van der Waals surface area contributed by atoms with Gasteiger partial charge < -0.3 is 5.32 Å². The minimum Gasteiger partial charge on any atom is -0.325 e. The third-order valence-electron chi connectivity index (χ3n) is 4.37. The summed E-state index contributed by atoms with van der Waals surface area (Å²) in [4.78, 5) is 22.7. The normalized spacial score (nSPS) is 10.6. The SMILES string of the molecule is O=C(CSc1nnc(-c2ccccc2)n1-c1ccccc1)Nc1ccc([N+](=O)[O-])cc1. The standard InChI is InChI=1S/C22H17N5O3S/c28-20(23-17-11-13-19(14-12-17)27(29)30)15-31-22-25-24-21(16-7-3-1-4-8-16)26(22)18-9-5-2-6-10-18/h1-14H,15H2,(H,23,28). The van der Waals surface area contributed by atoms with Crippen molar-refractivity contribution >= 4 is 29.0 Å². The third-order valence-corrected chi connectivity index (χ3v) is 5.30. The topological polar surface area (TPSA) is 103 Å². The molecule has 4 rings (SSSR count). The molecule has 154 valence electrons. The van der Waals surface area contributed by atoms with Gasteiger partial charge in [-0.15, -0.1) is 10.2 Å². The fraction of sp³-hybridized carbons (Fsp3) is 0.0455. The lowest BCUT2D eigenvalue weighted by Gasteiger charge is -2.10. The van der Waals surface area contributed by atoms with E-state index in [0.29, 0.717) is 16.7 Å². The lowest BCUT2D eigenvalue weighted by atomic mass is 10.2. The molecule has 0 aliphatic carbocycles. The van der Waals surface area contributed by atoms with Gasteiger partial charge >= 0.3 is 0 Å². The molecule has 0 radical (unpaired) electrons. The maximum atomic E-state index is 12.4. The van der Waals surface area contributed by atoms with Crippen LogP contribution in [-0.4, -0.2) is 31.3 Å². The van der Waals surface area contributed by atoms with Crippen molar-refractivity contribution in [1.82, 2.24) is 14.8 Å². The number of hydrogen-bond acceptors (Lipinski definition) is 6. The number of nitro benzene ring substituents is 1. The molecule has 0 saturated heterocycles. The summed E-state index contributed by atoms with van der Waals surface area (Å²) in [5, 5.41) is 22.7. The molecule has 31 heavy (non-hydrogen) atoms. The van der Waals surface area contributed by atoms with Gasteiger partial charge in [0.1, 0.15) is 0 Å². The predicted molar refractivity (Wildman–Crippen MR) is 119 cm³/mol. The number of para-hydroxylation sites is 1. The molecule has 9 heteroatoms. The summed E-state index contributed by atoms with van der Waals surface area (Å²) in [6, 6.07) is 25.1. The van der Waals surface area contributed by atoms with Crippen LogP contribution in [0.15, 0.2) is 90.1 Å². The largest absolute Gasteiger partial charge is 0.325 e. The lowest BCUT2D eigenvalue weighted by molar-refractivity contribution is -0.384. The van der Waals surface area contributed by atoms with Crippen molar-refractivity contribution in [3.05, 3.63) is 95.0 Å². The fourth-order valence-electron chi connectivity index (χ4n) is 2.94. The van der Waals surface area contributed by atoms with Crippen LogP contribution in [0.25, 0.3) is 17.1 Å². The molecule has 0 aliphatic rings. The van der Waals surface area contributed by atoms with E-state index in [1.807, 2.05) is 65.2 Å². The molecule has 0 aliphatic heterocycles. The molecule has 1 heterocycles. The summed E-state index contributed by atoms with van der Waals surface area (Å²) >= 11 is 1.26. The highest BCUT2D eigenvalue weighted by molar-refractivity contribution is 7.99. The number of thioether (sulfide) groups is 1. The summed E-state index contributed by atoms with van der Waals surface area (Å²) in [5.41, 5.74) is 2.27. The van der Waals surface area contributed by atoms with Gasteiger partial charge in [-0.3, -0.25) is 19.5 Å². The number of hydrogen-bond donors (Lipinski definition) is 1. The first-order valence-electron chi connectivity index (χ1n) is 9.35. The van der Waals surface area contributed by atoms with Crippen LogP contribution in [0.4, 0.5) is 11.4 Å². The first-order chi connectivity index (χ1) is 15.1. The Morgan fingerprint density at radius 3 is 2.23 bits per heavy atom. The zero-order chi connectivity index (χ0) is 21.6. The molecule has 0 spiro atoms. The van der Waals surface area contributed by atoms with Gasteiger partial charge in [0.05, 0.1) is 10.7 Å². The number of non-ortho nitro benzene ring substituents is 1. The van der Waals surface area contributed by atoms with Crippen LogP contribution in [0.2, 0.25) is 0 Å². The number of anilines is 1. The van der Waals surface area contributed by atoms with Gasteiger partial charge in [-0.2, -0.15) is 0 Å².